The molecule has 0 N–H and O–H groups in total. The zero-order chi connectivity index (χ0) is 12.2. The lowest BCUT2D eigenvalue weighted by Crippen LogP contribution is -2.36. The molecule has 0 unspecified atom stereocenters. The molecule has 0 aliphatic rings. The first-order chi connectivity index (χ1) is 7.16. The Bertz CT molecular complexity index is 214. The molecule has 0 heterocycles. The molecular weight excluding hydrogens is 196 g/mol. The van der Waals surface area contributed by atoms with Crippen LogP contribution in [0.2, 0.25) is 0 Å². The summed E-state index contributed by atoms with van der Waals surface area (Å²) in [6.07, 6.45) is 0.688. The highest BCUT2D eigenvalue weighted by Crippen LogP contribution is 2.16. The Balaban J connectivity index is 0. The summed E-state index contributed by atoms with van der Waals surface area (Å²) in [4.78, 5) is 0. The van der Waals surface area contributed by atoms with Gasteiger partial charge in [0.25, 0.3) is 5.97 Å². The lowest BCUT2D eigenvalue weighted by atomic mass is 10.4. The molecule has 0 aromatic heterocycles. The van der Waals surface area contributed by atoms with Crippen molar-refractivity contribution in [2.45, 2.75) is 32.7 Å². The zero-order valence-electron chi connectivity index (χ0n) is 9.74. The van der Waals surface area contributed by atoms with Gasteiger partial charge >= 0.3 is 0 Å². The summed E-state index contributed by atoms with van der Waals surface area (Å²) in [5.41, 5.74) is 0. The summed E-state index contributed by atoms with van der Waals surface area (Å²) in [5, 5.41) is 16.0. The van der Waals surface area contributed by atoms with Crippen LogP contribution >= 0.6 is 0 Å². The number of hydrogen-bond acceptors (Lipinski definition) is 5. The first-order valence-corrected chi connectivity index (χ1v) is 4.64. The second kappa shape index (κ2) is 10.9. The highest BCUT2D eigenvalue weighted by molar-refractivity contribution is 4.76. The van der Waals surface area contributed by atoms with E-state index < -0.39 is 5.97 Å². The SMILES string of the molecule is CCC#N.CCOC(CC#N)(OC)OC. The normalized spacial score (nSPS) is 9.47. The molecule has 0 aliphatic heterocycles. The van der Waals surface area contributed by atoms with Crippen molar-refractivity contribution in [3.05, 3.63) is 0 Å². The molecule has 0 saturated carbocycles. The van der Waals surface area contributed by atoms with E-state index in [0.29, 0.717) is 13.0 Å². The van der Waals surface area contributed by atoms with Gasteiger partial charge < -0.3 is 14.2 Å². The van der Waals surface area contributed by atoms with Crippen LogP contribution in [0.25, 0.3) is 0 Å². The van der Waals surface area contributed by atoms with Crippen LogP contribution in [-0.4, -0.2) is 26.8 Å². The Morgan fingerprint density at radius 1 is 1.07 bits per heavy atom. The maximum atomic E-state index is 8.40. The number of rotatable bonds is 5. The molecule has 0 aliphatic carbocycles. The third-order valence-electron chi connectivity index (χ3n) is 1.44. The first-order valence-electron chi connectivity index (χ1n) is 4.64. The van der Waals surface area contributed by atoms with Gasteiger partial charge in [-0.1, -0.05) is 6.92 Å². The average Bonchev–Trinajstić information content (AvgIpc) is 2.29. The van der Waals surface area contributed by atoms with Gasteiger partial charge in [0.15, 0.2) is 0 Å². The van der Waals surface area contributed by atoms with Gasteiger partial charge in [-0.25, -0.2) is 0 Å². The Labute approximate surface area is 91.2 Å². The van der Waals surface area contributed by atoms with Gasteiger partial charge in [-0.3, -0.25) is 0 Å². The van der Waals surface area contributed by atoms with Gasteiger partial charge in [-0.2, -0.15) is 10.5 Å². The Morgan fingerprint density at radius 2 is 1.53 bits per heavy atom. The van der Waals surface area contributed by atoms with Crippen LogP contribution in [0.3, 0.4) is 0 Å². The highest BCUT2D eigenvalue weighted by atomic mass is 16.9. The molecule has 0 aromatic carbocycles. The van der Waals surface area contributed by atoms with Crippen LogP contribution in [0.1, 0.15) is 26.7 Å². The second-order valence-corrected chi connectivity index (χ2v) is 2.37. The molecule has 5 nitrogen and oxygen atoms in total. The van der Waals surface area contributed by atoms with Crippen molar-refractivity contribution in [1.82, 2.24) is 0 Å². The summed E-state index contributed by atoms with van der Waals surface area (Å²) in [6.45, 7) is 4.08. The highest BCUT2D eigenvalue weighted by Gasteiger charge is 2.29. The first kappa shape index (κ1) is 16.3. The van der Waals surface area contributed by atoms with Crippen molar-refractivity contribution >= 4 is 0 Å². The number of hydrogen-bond donors (Lipinski definition) is 0. The van der Waals surface area contributed by atoms with Crippen LogP contribution in [0.4, 0.5) is 0 Å². The van der Waals surface area contributed by atoms with Crippen LogP contribution in [0.15, 0.2) is 0 Å². The lowest BCUT2D eigenvalue weighted by molar-refractivity contribution is -0.357. The molecule has 0 bridgehead atoms. The van der Waals surface area contributed by atoms with E-state index in [0.717, 1.165) is 0 Å². The average molecular weight is 214 g/mol. The number of ether oxygens (including phenoxy) is 3. The van der Waals surface area contributed by atoms with E-state index in [1.807, 2.05) is 26.0 Å². The minimum Gasteiger partial charge on any atom is -0.330 e. The van der Waals surface area contributed by atoms with E-state index in [1.165, 1.54) is 14.2 Å². The van der Waals surface area contributed by atoms with Crippen molar-refractivity contribution in [3.63, 3.8) is 0 Å². The fraction of sp³-hybridized carbons (Fsp3) is 0.800. The predicted octanol–water partition coefficient (Wildman–Crippen LogP) is 1.80. The molecule has 0 radical (unpaired) electrons. The molecule has 0 fully saturated rings. The van der Waals surface area contributed by atoms with Crippen LogP contribution in [-0.2, 0) is 14.2 Å². The molecule has 86 valence electrons. The lowest BCUT2D eigenvalue weighted by Gasteiger charge is -2.27. The van der Waals surface area contributed by atoms with Crippen molar-refractivity contribution in [2.75, 3.05) is 20.8 Å². The quantitative estimate of drug-likeness (QED) is 0.652. The summed E-state index contributed by atoms with van der Waals surface area (Å²) in [7, 11) is 2.88. The third-order valence-corrected chi connectivity index (χ3v) is 1.44. The second-order valence-electron chi connectivity index (χ2n) is 2.37. The smallest absolute Gasteiger partial charge is 0.296 e. The van der Waals surface area contributed by atoms with E-state index in [4.69, 9.17) is 24.7 Å². The minimum atomic E-state index is -1.18. The molecule has 5 heteroatoms. The van der Waals surface area contributed by atoms with E-state index in [1.54, 1.807) is 0 Å². The Hall–Kier alpha value is -1.14. The van der Waals surface area contributed by atoms with Crippen molar-refractivity contribution in [3.8, 4) is 12.1 Å². The van der Waals surface area contributed by atoms with Gasteiger partial charge in [0.1, 0.15) is 6.42 Å². The van der Waals surface area contributed by atoms with E-state index >= 15 is 0 Å². The minimum absolute atomic E-state index is 0.0633. The van der Waals surface area contributed by atoms with Gasteiger partial charge in [0.2, 0.25) is 0 Å². The van der Waals surface area contributed by atoms with Crippen molar-refractivity contribution in [1.29, 1.82) is 10.5 Å². The van der Waals surface area contributed by atoms with Crippen molar-refractivity contribution in [2.24, 2.45) is 0 Å². The van der Waals surface area contributed by atoms with Crippen LogP contribution in [0, 0.1) is 22.7 Å². The maximum absolute atomic E-state index is 8.40. The van der Waals surface area contributed by atoms with E-state index in [2.05, 4.69) is 0 Å². The number of nitrogens with zero attached hydrogens (tertiary/aromatic N) is 2. The number of nitriles is 2. The standard InChI is InChI=1S/C7H13NO3.C3H5N/c1-4-11-7(9-2,10-3)5-6-8;1-2-3-4/h4-5H2,1-3H3;2H2,1H3. The van der Waals surface area contributed by atoms with E-state index in [-0.39, 0.29) is 6.42 Å². The fourth-order valence-electron chi connectivity index (χ4n) is 0.713. The third kappa shape index (κ3) is 7.90. The molecule has 0 saturated heterocycles. The molecule has 15 heavy (non-hydrogen) atoms. The molecule has 0 spiro atoms. The molecule has 0 amide bonds. The summed E-state index contributed by atoms with van der Waals surface area (Å²) < 4.78 is 14.9. The van der Waals surface area contributed by atoms with Gasteiger partial charge in [-0.15, -0.1) is 0 Å². The maximum Gasteiger partial charge on any atom is 0.296 e. The number of methoxy groups -OCH3 is 2. The Morgan fingerprint density at radius 3 is 1.73 bits per heavy atom. The topological polar surface area (TPSA) is 75.3 Å². The van der Waals surface area contributed by atoms with Crippen LogP contribution in [0.5, 0.6) is 0 Å². The van der Waals surface area contributed by atoms with Gasteiger partial charge in [0.05, 0.1) is 12.1 Å². The molecular formula is C10H18N2O3. The molecule has 0 aromatic rings. The predicted molar refractivity (Wildman–Crippen MR) is 54.5 cm³/mol. The largest absolute Gasteiger partial charge is 0.330 e. The van der Waals surface area contributed by atoms with E-state index in [9.17, 15) is 0 Å². The molecule has 0 atom stereocenters. The zero-order valence-corrected chi connectivity index (χ0v) is 9.74. The molecule has 0 rings (SSSR count). The van der Waals surface area contributed by atoms with Gasteiger partial charge in [-0.05, 0) is 6.92 Å². The summed E-state index contributed by atoms with van der Waals surface area (Å²) in [6, 6.07) is 3.85. The Kier molecular flexibility index (Phi) is 11.9. The van der Waals surface area contributed by atoms with Crippen LogP contribution < -0.4 is 0 Å². The summed E-state index contributed by atoms with van der Waals surface area (Å²) >= 11 is 0. The monoisotopic (exact) mass is 214 g/mol. The fourth-order valence-corrected chi connectivity index (χ4v) is 0.713. The van der Waals surface area contributed by atoms with Gasteiger partial charge in [0, 0.05) is 27.2 Å². The summed E-state index contributed by atoms with van der Waals surface area (Å²) in [5.74, 6) is -1.18. The van der Waals surface area contributed by atoms with Crippen molar-refractivity contribution < 1.29 is 14.2 Å².